The highest BCUT2D eigenvalue weighted by Gasteiger charge is 2.46. The summed E-state index contributed by atoms with van der Waals surface area (Å²) >= 11 is 0. The van der Waals surface area contributed by atoms with Gasteiger partial charge in [-0.3, -0.25) is 0 Å². The van der Waals surface area contributed by atoms with Gasteiger partial charge in [-0.1, -0.05) is 49.0 Å². The molecule has 7 heteroatoms. The van der Waals surface area contributed by atoms with Crippen LogP contribution < -0.4 is 0 Å². The number of ether oxygens (including phenoxy) is 1. The van der Waals surface area contributed by atoms with Crippen LogP contribution in [0, 0.1) is 0 Å². The Kier molecular flexibility index (Phi) is 6.85. The zero-order chi connectivity index (χ0) is 20.8. The quantitative estimate of drug-likeness (QED) is 0.470. The SMILES string of the molecule is C=C(CC(F)(F)S(=O)(=O)c1ccccc1)c1ccc(/C=C/C(=O)OCC)cc1. The smallest absolute Gasteiger partial charge is 0.353 e. The maximum atomic E-state index is 14.5. The Balaban J connectivity index is 2.13. The predicted octanol–water partition coefficient (Wildman–Crippen LogP) is 4.73. The third kappa shape index (κ3) is 5.13. The minimum absolute atomic E-state index is 0.00886. The number of rotatable bonds is 8. The number of hydrogen-bond acceptors (Lipinski definition) is 4. The molecule has 0 bridgehead atoms. The first-order valence-corrected chi connectivity index (χ1v) is 9.96. The average Bonchev–Trinajstić information content (AvgIpc) is 2.67. The maximum Gasteiger partial charge on any atom is 0.353 e. The van der Waals surface area contributed by atoms with E-state index >= 15 is 0 Å². The van der Waals surface area contributed by atoms with Gasteiger partial charge < -0.3 is 4.74 Å². The summed E-state index contributed by atoms with van der Waals surface area (Å²) in [5.41, 5.74) is 1.04. The van der Waals surface area contributed by atoms with E-state index < -0.39 is 32.4 Å². The lowest BCUT2D eigenvalue weighted by molar-refractivity contribution is -0.137. The lowest BCUT2D eigenvalue weighted by atomic mass is 10.0. The monoisotopic (exact) mass is 406 g/mol. The molecule has 28 heavy (non-hydrogen) atoms. The van der Waals surface area contributed by atoms with Crippen LogP contribution in [-0.4, -0.2) is 26.2 Å². The van der Waals surface area contributed by atoms with E-state index in [-0.39, 0.29) is 12.2 Å². The molecule has 0 aliphatic rings. The second-order valence-corrected chi connectivity index (χ2v) is 8.02. The second-order valence-electron chi connectivity index (χ2n) is 5.94. The lowest BCUT2D eigenvalue weighted by Gasteiger charge is -2.18. The van der Waals surface area contributed by atoms with Gasteiger partial charge in [0, 0.05) is 6.08 Å². The molecule has 0 aliphatic heterocycles. The first-order valence-electron chi connectivity index (χ1n) is 8.48. The standard InChI is InChI=1S/C21H20F2O4S/c1-3-27-20(24)14-11-17-9-12-18(13-10-17)16(2)15-21(22,23)28(25,26)19-7-5-4-6-8-19/h4-14H,2-3,15H2,1H3/b14-11+. The number of halogens is 2. The molecule has 0 radical (unpaired) electrons. The van der Waals surface area contributed by atoms with Crippen LogP contribution in [0.3, 0.4) is 0 Å². The van der Waals surface area contributed by atoms with Gasteiger partial charge in [0.1, 0.15) is 0 Å². The van der Waals surface area contributed by atoms with Crippen LogP contribution in [0.25, 0.3) is 11.6 Å². The Bertz CT molecular complexity index is 963. The molecule has 0 unspecified atom stereocenters. The van der Waals surface area contributed by atoms with Crippen molar-refractivity contribution in [1.29, 1.82) is 0 Å². The Morgan fingerprint density at radius 1 is 1.11 bits per heavy atom. The van der Waals surface area contributed by atoms with E-state index in [1.165, 1.54) is 24.3 Å². The molecule has 0 amide bonds. The normalized spacial score (nSPS) is 12.1. The fraction of sp³-hybridized carbons (Fsp3) is 0.190. The molecule has 0 heterocycles. The lowest BCUT2D eigenvalue weighted by Crippen LogP contribution is -2.29. The molecular formula is C21H20F2O4S. The first-order chi connectivity index (χ1) is 13.2. The molecule has 0 aliphatic carbocycles. The molecule has 0 atom stereocenters. The molecule has 0 fully saturated rings. The molecule has 2 aromatic rings. The highest BCUT2D eigenvalue weighted by molar-refractivity contribution is 7.92. The van der Waals surface area contributed by atoms with E-state index in [2.05, 4.69) is 6.58 Å². The second kappa shape index (κ2) is 8.93. The Hall–Kier alpha value is -2.80. The summed E-state index contributed by atoms with van der Waals surface area (Å²) in [5.74, 6) is -0.484. The van der Waals surface area contributed by atoms with Gasteiger partial charge in [0.25, 0.3) is 0 Å². The minimum Gasteiger partial charge on any atom is -0.463 e. The third-order valence-electron chi connectivity index (χ3n) is 3.88. The number of carbonyl (C=O) groups is 1. The van der Waals surface area contributed by atoms with Crippen LogP contribution in [0.5, 0.6) is 0 Å². The van der Waals surface area contributed by atoms with Crippen molar-refractivity contribution >= 4 is 27.5 Å². The van der Waals surface area contributed by atoms with Gasteiger partial charge in [-0.15, -0.1) is 0 Å². The predicted molar refractivity (Wildman–Crippen MR) is 104 cm³/mol. The summed E-state index contributed by atoms with van der Waals surface area (Å²) in [5, 5.41) is -3.99. The first kappa shape index (κ1) is 21.5. The molecule has 0 aromatic heterocycles. The van der Waals surface area contributed by atoms with E-state index in [4.69, 9.17) is 4.74 Å². The summed E-state index contributed by atoms with van der Waals surface area (Å²) in [6.45, 7) is 5.57. The molecule has 4 nitrogen and oxygen atoms in total. The molecule has 0 saturated heterocycles. The third-order valence-corrected chi connectivity index (χ3v) is 5.71. The topological polar surface area (TPSA) is 60.4 Å². The van der Waals surface area contributed by atoms with Crippen molar-refractivity contribution in [3.8, 4) is 0 Å². The Morgan fingerprint density at radius 2 is 1.71 bits per heavy atom. The summed E-state index contributed by atoms with van der Waals surface area (Å²) in [7, 11) is -4.83. The van der Waals surface area contributed by atoms with Gasteiger partial charge in [0.2, 0.25) is 9.84 Å². The largest absolute Gasteiger partial charge is 0.463 e. The number of alkyl halides is 2. The summed E-state index contributed by atoms with van der Waals surface area (Å²) in [4.78, 5) is 10.9. The number of sulfone groups is 1. The van der Waals surface area contributed by atoms with Crippen LogP contribution >= 0.6 is 0 Å². The number of benzene rings is 2. The zero-order valence-corrected chi connectivity index (χ0v) is 16.1. The van der Waals surface area contributed by atoms with Crippen molar-refractivity contribution in [2.24, 2.45) is 0 Å². The Labute approximate surface area is 163 Å². The van der Waals surface area contributed by atoms with E-state index in [1.807, 2.05) is 0 Å². The van der Waals surface area contributed by atoms with E-state index in [1.54, 1.807) is 37.3 Å². The van der Waals surface area contributed by atoms with Crippen LogP contribution in [0.2, 0.25) is 0 Å². The average molecular weight is 406 g/mol. The van der Waals surface area contributed by atoms with E-state index in [0.29, 0.717) is 11.1 Å². The molecule has 2 rings (SSSR count). The van der Waals surface area contributed by atoms with Crippen molar-refractivity contribution in [3.05, 3.63) is 78.4 Å². The van der Waals surface area contributed by atoms with Crippen molar-refractivity contribution in [1.82, 2.24) is 0 Å². The molecular weight excluding hydrogens is 386 g/mol. The van der Waals surface area contributed by atoms with Gasteiger partial charge in [-0.2, -0.15) is 8.78 Å². The maximum absolute atomic E-state index is 14.5. The van der Waals surface area contributed by atoms with Gasteiger partial charge >= 0.3 is 11.2 Å². The molecule has 148 valence electrons. The highest BCUT2D eigenvalue weighted by atomic mass is 32.2. The van der Waals surface area contributed by atoms with Crippen molar-refractivity contribution in [2.75, 3.05) is 6.61 Å². The van der Waals surface area contributed by atoms with Crippen LogP contribution in [0.4, 0.5) is 8.78 Å². The van der Waals surface area contributed by atoms with Crippen LogP contribution in [-0.2, 0) is 19.4 Å². The molecule has 2 aromatic carbocycles. The minimum atomic E-state index is -4.83. The van der Waals surface area contributed by atoms with E-state index in [9.17, 15) is 22.0 Å². The fourth-order valence-corrected chi connectivity index (χ4v) is 3.63. The summed E-state index contributed by atoms with van der Waals surface area (Å²) in [6, 6.07) is 12.9. The summed E-state index contributed by atoms with van der Waals surface area (Å²) < 4.78 is 58.2. The molecule has 0 spiro atoms. The Morgan fingerprint density at radius 3 is 2.29 bits per heavy atom. The molecule has 0 saturated carbocycles. The van der Waals surface area contributed by atoms with Gasteiger partial charge in [-0.05, 0) is 41.8 Å². The number of allylic oxidation sites excluding steroid dienone is 1. The van der Waals surface area contributed by atoms with Crippen molar-refractivity contribution < 1.29 is 26.7 Å². The number of carbonyl (C=O) groups excluding carboxylic acids is 1. The van der Waals surface area contributed by atoms with Gasteiger partial charge in [-0.25, -0.2) is 13.2 Å². The highest BCUT2D eigenvalue weighted by Crippen LogP contribution is 2.36. The van der Waals surface area contributed by atoms with Crippen LogP contribution in [0.1, 0.15) is 24.5 Å². The van der Waals surface area contributed by atoms with Gasteiger partial charge in [0.05, 0.1) is 17.9 Å². The zero-order valence-electron chi connectivity index (χ0n) is 15.3. The van der Waals surface area contributed by atoms with Crippen molar-refractivity contribution in [2.45, 2.75) is 23.5 Å². The van der Waals surface area contributed by atoms with Crippen molar-refractivity contribution in [3.63, 3.8) is 0 Å². The molecule has 0 N–H and O–H groups in total. The fourth-order valence-electron chi connectivity index (χ4n) is 2.40. The summed E-state index contributed by atoms with van der Waals surface area (Å²) in [6.07, 6.45) is 1.76. The van der Waals surface area contributed by atoms with E-state index in [0.717, 1.165) is 12.1 Å². The number of esters is 1. The van der Waals surface area contributed by atoms with Gasteiger partial charge in [0.15, 0.2) is 0 Å². The van der Waals surface area contributed by atoms with Crippen LogP contribution in [0.15, 0.2) is 72.1 Å². The number of hydrogen-bond donors (Lipinski definition) is 0.